The van der Waals surface area contributed by atoms with Gasteiger partial charge in [0.25, 0.3) is 0 Å². The Hall–Kier alpha value is -2.09. The molecule has 22 heavy (non-hydrogen) atoms. The lowest BCUT2D eigenvalue weighted by atomic mass is 10.0. The van der Waals surface area contributed by atoms with E-state index in [9.17, 15) is 4.79 Å². The van der Waals surface area contributed by atoms with E-state index in [-0.39, 0.29) is 11.9 Å². The number of hydrogen-bond donors (Lipinski definition) is 1. The number of rotatable bonds is 6. The molecule has 2 rings (SSSR count). The Balaban J connectivity index is 1.90. The van der Waals surface area contributed by atoms with Crippen molar-refractivity contribution in [1.82, 2.24) is 5.32 Å². The molecule has 116 valence electrons. The maximum Gasteiger partial charge on any atom is 0.220 e. The van der Waals surface area contributed by atoms with Crippen molar-refractivity contribution in [2.45, 2.75) is 46.1 Å². The SMILES string of the molecule is CC[C@@H](NC(=O)CCc1ccc(C)c(C)c1)c1ccccc1. The van der Waals surface area contributed by atoms with Gasteiger partial charge in [0.15, 0.2) is 0 Å². The Kier molecular flexibility index (Phi) is 5.76. The van der Waals surface area contributed by atoms with Crippen LogP contribution in [0.15, 0.2) is 48.5 Å². The van der Waals surface area contributed by atoms with Gasteiger partial charge in [-0.2, -0.15) is 0 Å². The molecule has 1 amide bonds. The van der Waals surface area contributed by atoms with Crippen molar-refractivity contribution in [1.29, 1.82) is 0 Å². The molecule has 0 saturated heterocycles. The molecule has 0 aliphatic rings. The van der Waals surface area contributed by atoms with Crippen LogP contribution in [-0.2, 0) is 11.2 Å². The first kappa shape index (κ1) is 16.3. The molecular weight excluding hydrogens is 270 g/mol. The first-order valence-electron chi connectivity index (χ1n) is 8.00. The Morgan fingerprint density at radius 2 is 1.77 bits per heavy atom. The number of benzene rings is 2. The summed E-state index contributed by atoms with van der Waals surface area (Å²) in [6.45, 7) is 6.32. The molecular formula is C20H25NO. The van der Waals surface area contributed by atoms with Gasteiger partial charge in [-0.05, 0) is 48.9 Å². The van der Waals surface area contributed by atoms with Crippen molar-refractivity contribution in [3.05, 3.63) is 70.8 Å². The van der Waals surface area contributed by atoms with Crippen molar-refractivity contribution in [2.24, 2.45) is 0 Å². The van der Waals surface area contributed by atoms with Gasteiger partial charge in [0.05, 0.1) is 6.04 Å². The largest absolute Gasteiger partial charge is 0.349 e. The van der Waals surface area contributed by atoms with E-state index < -0.39 is 0 Å². The second-order valence-electron chi connectivity index (χ2n) is 5.86. The van der Waals surface area contributed by atoms with Crippen LogP contribution in [0.2, 0.25) is 0 Å². The molecule has 2 heteroatoms. The van der Waals surface area contributed by atoms with E-state index >= 15 is 0 Å². The number of nitrogens with one attached hydrogen (secondary N) is 1. The maximum atomic E-state index is 12.2. The van der Waals surface area contributed by atoms with Crippen molar-refractivity contribution in [2.75, 3.05) is 0 Å². The lowest BCUT2D eigenvalue weighted by Gasteiger charge is -2.17. The van der Waals surface area contributed by atoms with Crippen LogP contribution >= 0.6 is 0 Å². The van der Waals surface area contributed by atoms with Crippen molar-refractivity contribution in [3.63, 3.8) is 0 Å². The van der Waals surface area contributed by atoms with E-state index in [1.165, 1.54) is 22.3 Å². The fourth-order valence-corrected chi connectivity index (χ4v) is 2.59. The number of carbonyl (C=O) groups is 1. The van der Waals surface area contributed by atoms with Gasteiger partial charge < -0.3 is 5.32 Å². The van der Waals surface area contributed by atoms with Crippen LogP contribution in [0.3, 0.4) is 0 Å². The first-order valence-corrected chi connectivity index (χ1v) is 8.00. The maximum absolute atomic E-state index is 12.2. The van der Waals surface area contributed by atoms with Gasteiger partial charge in [-0.1, -0.05) is 55.5 Å². The summed E-state index contributed by atoms with van der Waals surface area (Å²) in [5, 5.41) is 3.14. The van der Waals surface area contributed by atoms with E-state index in [1.807, 2.05) is 18.2 Å². The van der Waals surface area contributed by atoms with Crippen LogP contribution in [0.4, 0.5) is 0 Å². The van der Waals surface area contributed by atoms with Gasteiger partial charge in [0, 0.05) is 6.42 Å². The van der Waals surface area contributed by atoms with E-state index in [0.717, 1.165) is 12.8 Å². The molecule has 2 nitrogen and oxygen atoms in total. The summed E-state index contributed by atoms with van der Waals surface area (Å²) in [6, 6.07) is 16.7. The quantitative estimate of drug-likeness (QED) is 0.835. The zero-order valence-corrected chi connectivity index (χ0v) is 13.7. The summed E-state index contributed by atoms with van der Waals surface area (Å²) in [5.41, 5.74) is 4.98. The summed E-state index contributed by atoms with van der Waals surface area (Å²) in [6.07, 6.45) is 2.23. The molecule has 1 atom stereocenters. The van der Waals surface area contributed by atoms with Crippen LogP contribution in [0.1, 0.15) is 48.1 Å². The Morgan fingerprint density at radius 3 is 2.41 bits per heavy atom. The molecule has 0 aromatic heterocycles. The summed E-state index contributed by atoms with van der Waals surface area (Å²) in [5.74, 6) is 0.119. The summed E-state index contributed by atoms with van der Waals surface area (Å²) in [7, 11) is 0. The van der Waals surface area contributed by atoms with Gasteiger partial charge in [-0.15, -0.1) is 0 Å². The molecule has 0 heterocycles. The number of amides is 1. The van der Waals surface area contributed by atoms with E-state index in [2.05, 4.69) is 56.4 Å². The Bertz CT molecular complexity index is 619. The highest BCUT2D eigenvalue weighted by molar-refractivity contribution is 5.76. The fourth-order valence-electron chi connectivity index (χ4n) is 2.59. The topological polar surface area (TPSA) is 29.1 Å². The van der Waals surface area contributed by atoms with E-state index in [0.29, 0.717) is 6.42 Å². The highest BCUT2D eigenvalue weighted by Crippen LogP contribution is 2.16. The average Bonchev–Trinajstić information content (AvgIpc) is 2.54. The minimum absolute atomic E-state index is 0.105. The van der Waals surface area contributed by atoms with Crippen LogP contribution in [0.5, 0.6) is 0 Å². The van der Waals surface area contributed by atoms with E-state index in [4.69, 9.17) is 0 Å². The second kappa shape index (κ2) is 7.79. The predicted octanol–water partition coefficient (Wildman–Crippen LogP) is 4.50. The van der Waals surface area contributed by atoms with E-state index in [1.54, 1.807) is 0 Å². The number of hydrogen-bond acceptors (Lipinski definition) is 1. The van der Waals surface area contributed by atoms with Gasteiger partial charge in [-0.3, -0.25) is 4.79 Å². The van der Waals surface area contributed by atoms with Crippen LogP contribution in [-0.4, -0.2) is 5.91 Å². The lowest BCUT2D eigenvalue weighted by Crippen LogP contribution is -2.28. The smallest absolute Gasteiger partial charge is 0.220 e. The molecule has 0 aliphatic heterocycles. The van der Waals surface area contributed by atoms with Gasteiger partial charge in [-0.25, -0.2) is 0 Å². The monoisotopic (exact) mass is 295 g/mol. The second-order valence-corrected chi connectivity index (χ2v) is 5.86. The average molecular weight is 295 g/mol. The van der Waals surface area contributed by atoms with Gasteiger partial charge in [0.1, 0.15) is 0 Å². The zero-order chi connectivity index (χ0) is 15.9. The third-order valence-electron chi connectivity index (χ3n) is 4.16. The van der Waals surface area contributed by atoms with Crippen molar-refractivity contribution in [3.8, 4) is 0 Å². The highest BCUT2D eigenvalue weighted by Gasteiger charge is 2.12. The normalized spacial score (nSPS) is 12.0. The Morgan fingerprint density at radius 1 is 1.05 bits per heavy atom. The standard InChI is InChI=1S/C20H25NO/c1-4-19(18-8-6-5-7-9-18)21-20(22)13-12-17-11-10-15(2)16(3)14-17/h5-11,14,19H,4,12-13H2,1-3H3,(H,21,22)/t19-/m1/s1. The predicted molar refractivity (Wildman–Crippen MR) is 91.9 cm³/mol. The minimum Gasteiger partial charge on any atom is -0.349 e. The summed E-state index contributed by atoms with van der Waals surface area (Å²) < 4.78 is 0. The molecule has 0 unspecified atom stereocenters. The molecule has 2 aromatic rings. The highest BCUT2D eigenvalue weighted by atomic mass is 16.1. The van der Waals surface area contributed by atoms with Crippen LogP contribution in [0, 0.1) is 13.8 Å². The summed E-state index contributed by atoms with van der Waals surface area (Å²) in [4.78, 5) is 12.2. The molecule has 0 spiro atoms. The Labute approximate surface area is 133 Å². The van der Waals surface area contributed by atoms with Crippen molar-refractivity contribution < 1.29 is 4.79 Å². The van der Waals surface area contributed by atoms with Gasteiger partial charge >= 0.3 is 0 Å². The molecule has 2 aromatic carbocycles. The minimum atomic E-state index is 0.105. The summed E-state index contributed by atoms with van der Waals surface area (Å²) >= 11 is 0. The number of carbonyl (C=O) groups excluding carboxylic acids is 1. The third-order valence-corrected chi connectivity index (χ3v) is 4.16. The third kappa shape index (κ3) is 4.45. The van der Waals surface area contributed by atoms with Crippen molar-refractivity contribution >= 4 is 5.91 Å². The van der Waals surface area contributed by atoms with Crippen LogP contribution < -0.4 is 5.32 Å². The molecule has 0 bridgehead atoms. The molecule has 0 fully saturated rings. The molecule has 0 aliphatic carbocycles. The molecule has 0 radical (unpaired) electrons. The number of aryl methyl sites for hydroxylation is 3. The first-order chi connectivity index (χ1) is 10.6. The zero-order valence-electron chi connectivity index (χ0n) is 13.7. The van der Waals surface area contributed by atoms with Crippen LogP contribution in [0.25, 0.3) is 0 Å². The lowest BCUT2D eigenvalue weighted by molar-refractivity contribution is -0.121. The fraction of sp³-hybridized carbons (Fsp3) is 0.350. The molecule has 0 saturated carbocycles. The van der Waals surface area contributed by atoms with Gasteiger partial charge in [0.2, 0.25) is 5.91 Å². The molecule has 1 N–H and O–H groups in total.